The third-order valence-corrected chi connectivity index (χ3v) is 4.43. The minimum absolute atomic E-state index is 0.0384. The van der Waals surface area contributed by atoms with Gasteiger partial charge in [0.1, 0.15) is 0 Å². The van der Waals surface area contributed by atoms with Gasteiger partial charge < -0.3 is 16.2 Å². The fraction of sp³-hybridized carbons (Fsp3) is 0.500. The van der Waals surface area contributed by atoms with E-state index in [1.807, 2.05) is 0 Å². The van der Waals surface area contributed by atoms with E-state index >= 15 is 0 Å². The summed E-state index contributed by atoms with van der Waals surface area (Å²) in [5.74, 6) is 0.236. The molecule has 4 N–H and O–H groups in total. The summed E-state index contributed by atoms with van der Waals surface area (Å²) in [7, 11) is 0. The summed E-state index contributed by atoms with van der Waals surface area (Å²) in [6, 6.07) is 5.20. The number of carbonyl (C=O) groups is 1. The molecule has 1 aromatic carbocycles. The first kappa shape index (κ1) is 14.3. The number of amides is 1. The summed E-state index contributed by atoms with van der Waals surface area (Å²) >= 11 is 3.24. The molecule has 104 valence electrons. The fourth-order valence-electron chi connectivity index (χ4n) is 2.68. The van der Waals surface area contributed by atoms with Gasteiger partial charge in [-0.1, -0.05) is 18.9 Å². The highest BCUT2D eigenvalue weighted by Crippen LogP contribution is 2.34. The Bertz CT molecular complexity index is 465. The number of nitrogens with one attached hydrogen (secondary N) is 1. The molecule has 2 rings (SSSR count). The van der Waals surface area contributed by atoms with Gasteiger partial charge in [0.05, 0.1) is 10.2 Å². The Kier molecular flexibility index (Phi) is 4.82. The van der Waals surface area contributed by atoms with Crippen molar-refractivity contribution in [2.45, 2.75) is 25.7 Å². The molecule has 0 radical (unpaired) electrons. The third kappa shape index (κ3) is 3.28. The van der Waals surface area contributed by atoms with Gasteiger partial charge in [-0.05, 0) is 53.4 Å². The molecule has 1 amide bonds. The molecule has 1 aromatic rings. The zero-order valence-electron chi connectivity index (χ0n) is 10.7. The molecule has 2 unspecified atom stereocenters. The van der Waals surface area contributed by atoms with Gasteiger partial charge in [0.2, 0.25) is 5.91 Å². The average Bonchev–Trinajstić information content (AvgIpc) is 2.43. The van der Waals surface area contributed by atoms with E-state index in [0.717, 1.165) is 25.7 Å². The molecule has 1 saturated carbocycles. The normalized spacial score (nSPS) is 23.1. The predicted molar refractivity (Wildman–Crippen MR) is 78.9 cm³/mol. The van der Waals surface area contributed by atoms with E-state index in [1.165, 1.54) is 0 Å². The quantitative estimate of drug-likeness (QED) is 0.747. The van der Waals surface area contributed by atoms with Crippen LogP contribution in [0.1, 0.15) is 25.7 Å². The molecule has 0 heterocycles. The number of rotatable bonds is 3. The summed E-state index contributed by atoms with van der Waals surface area (Å²) in [6.45, 7) is 0.544. The molecular weight excluding hydrogens is 308 g/mol. The Hall–Kier alpha value is -1.07. The molecule has 2 atom stereocenters. The summed E-state index contributed by atoms with van der Waals surface area (Å²) in [5, 5.41) is 12.7. The lowest BCUT2D eigenvalue weighted by Crippen LogP contribution is -2.35. The van der Waals surface area contributed by atoms with Gasteiger partial charge in [-0.25, -0.2) is 0 Å². The maximum atomic E-state index is 12.3. The van der Waals surface area contributed by atoms with Crippen LogP contribution in [0.4, 0.5) is 5.69 Å². The van der Waals surface area contributed by atoms with Gasteiger partial charge in [-0.2, -0.15) is 0 Å². The first-order valence-electron chi connectivity index (χ1n) is 6.62. The fourth-order valence-corrected chi connectivity index (χ4v) is 3.04. The zero-order chi connectivity index (χ0) is 13.8. The molecule has 0 saturated heterocycles. The number of phenolic OH excluding ortho intramolecular Hbond substituents is 1. The van der Waals surface area contributed by atoms with Crippen LogP contribution in [0.2, 0.25) is 0 Å². The minimum atomic E-state index is -0.0443. The summed E-state index contributed by atoms with van der Waals surface area (Å²) in [5.41, 5.74) is 6.19. The minimum Gasteiger partial charge on any atom is -0.505 e. The lowest BCUT2D eigenvalue weighted by molar-refractivity contribution is -0.122. The van der Waals surface area contributed by atoms with Crippen molar-refractivity contribution in [2.75, 3.05) is 11.9 Å². The van der Waals surface area contributed by atoms with Gasteiger partial charge in [0.25, 0.3) is 0 Å². The van der Waals surface area contributed by atoms with Crippen molar-refractivity contribution >= 4 is 27.5 Å². The molecule has 0 bridgehead atoms. The SMILES string of the molecule is NCC1CCCCC1C(=O)Nc1cccc(Br)c1O. The number of benzene rings is 1. The number of nitrogens with two attached hydrogens (primary N) is 1. The second-order valence-electron chi connectivity index (χ2n) is 5.01. The number of hydrogen-bond donors (Lipinski definition) is 3. The van der Waals surface area contributed by atoms with E-state index < -0.39 is 0 Å². The van der Waals surface area contributed by atoms with Crippen LogP contribution in [0.3, 0.4) is 0 Å². The molecule has 1 aliphatic rings. The molecular formula is C14H19BrN2O2. The Balaban J connectivity index is 2.09. The van der Waals surface area contributed by atoms with Gasteiger partial charge in [-0.15, -0.1) is 0 Å². The lowest BCUT2D eigenvalue weighted by Gasteiger charge is -2.29. The van der Waals surface area contributed by atoms with E-state index in [4.69, 9.17) is 5.73 Å². The lowest BCUT2D eigenvalue weighted by atomic mass is 9.78. The summed E-state index contributed by atoms with van der Waals surface area (Å²) in [6.07, 6.45) is 4.11. The first-order chi connectivity index (χ1) is 9.13. The maximum absolute atomic E-state index is 12.3. The van der Waals surface area contributed by atoms with Crippen LogP contribution < -0.4 is 11.1 Å². The molecule has 0 aliphatic heterocycles. The second kappa shape index (κ2) is 6.39. The highest BCUT2D eigenvalue weighted by atomic mass is 79.9. The number of para-hydroxylation sites is 1. The van der Waals surface area contributed by atoms with Gasteiger partial charge in [-0.3, -0.25) is 4.79 Å². The van der Waals surface area contributed by atoms with Crippen LogP contribution in [-0.2, 0) is 4.79 Å². The molecule has 0 spiro atoms. The third-order valence-electron chi connectivity index (χ3n) is 3.79. The van der Waals surface area contributed by atoms with Crippen molar-refractivity contribution in [3.05, 3.63) is 22.7 Å². The molecule has 1 aliphatic carbocycles. The van der Waals surface area contributed by atoms with Crippen molar-refractivity contribution < 1.29 is 9.90 Å². The summed E-state index contributed by atoms with van der Waals surface area (Å²) < 4.78 is 0.573. The number of hydrogen-bond acceptors (Lipinski definition) is 3. The Morgan fingerprint density at radius 3 is 2.89 bits per heavy atom. The van der Waals surface area contributed by atoms with E-state index in [2.05, 4.69) is 21.2 Å². The van der Waals surface area contributed by atoms with Gasteiger partial charge >= 0.3 is 0 Å². The van der Waals surface area contributed by atoms with Gasteiger partial charge in [0, 0.05) is 5.92 Å². The number of aromatic hydroxyl groups is 1. The number of carbonyl (C=O) groups excluding carboxylic acids is 1. The van der Waals surface area contributed by atoms with Crippen molar-refractivity contribution in [1.29, 1.82) is 0 Å². The van der Waals surface area contributed by atoms with E-state index in [-0.39, 0.29) is 23.5 Å². The number of anilines is 1. The Morgan fingerprint density at radius 2 is 2.16 bits per heavy atom. The van der Waals surface area contributed by atoms with Crippen LogP contribution in [0.5, 0.6) is 5.75 Å². The molecule has 5 heteroatoms. The van der Waals surface area contributed by atoms with E-state index in [0.29, 0.717) is 16.7 Å². The van der Waals surface area contributed by atoms with Crippen LogP contribution in [0, 0.1) is 11.8 Å². The van der Waals surface area contributed by atoms with Crippen LogP contribution in [0.25, 0.3) is 0 Å². The summed E-state index contributed by atoms with van der Waals surface area (Å²) in [4.78, 5) is 12.3. The van der Waals surface area contributed by atoms with Crippen molar-refractivity contribution in [3.63, 3.8) is 0 Å². The highest BCUT2D eigenvalue weighted by Gasteiger charge is 2.30. The number of phenols is 1. The van der Waals surface area contributed by atoms with Crippen molar-refractivity contribution in [3.8, 4) is 5.75 Å². The average molecular weight is 327 g/mol. The maximum Gasteiger partial charge on any atom is 0.227 e. The van der Waals surface area contributed by atoms with E-state index in [9.17, 15) is 9.90 Å². The number of halogens is 1. The highest BCUT2D eigenvalue weighted by molar-refractivity contribution is 9.10. The van der Waals surface area contributed by atoms with Crippen LogP contribution >= 0.6 is 15.9 Å². The predicted octanol–water partition coefficient (Wildman–Crippen LogP) is 2.86. The molecule has 0 aromatic heterocycles. The standard InChI is InChI=1S/C14H19BrN2O2/c15-11-6-3-7-12(13(11)18)17-14(19)10-5-2-1-4-9(10)8-16/h3,6-7,9-10,18H,1-2,4-5,8,16H2,(H,17,19). The zero-order valence-corrected chi connectivity index (χ0v) is 12.3. The monoisotopic (exact) mass is 326 g/mol. The largest absolute Gasteiger partial charge is 0.505 e. The van der Waals surface area contributed by atoms with E-state index in [1.54, 1.807) is 18.2 Å². The molecule has 19 heavy (non-hydrogen) atoms. The Morgan fingerprint density at radius 1 is 1.42 bits per heavy atom. The first-order valence-corrected chi connectivity index (χ1v) is 7.41. The van der Waals surface area contributed by atoms with Crippen LogP contribution in [0.15, 0.2) is 22.7 Å². The molecule has 1 fully saturated rings. The smallest absolute Gasteiger partial charge is 0.227 e. The van der Waals surface area contributed by atoms with Crippen molar-refractivity contribution in [1.82, 2.24) is 0 Å². The van der Waals surface area contributed by atoms with Crippen molar-refractivity contribution in [2.24, 2.45) is 17.6 Å². The topological polar surface area (TPSA) is 75.4 Å². The Labute approximate surface area is 121 Å². The second-order valence-corrected chi connectivity index (χ2v) is 5.87. The van der Waals surface area contributed by atoms with Crippen LogP contribution in [-0.4, -0.2) is 17.6 Å². The molecule has 4 nitrogen and oxygen atoms in total. The van der Waals surface area contributed by atoms with Gasteiger partial charge in [0.15, 0.2) is 5.75 Å².